The van der Waals surface area contributed by atoms with Crippen molar-refractivity contribution >= 4 is 44.3 Å². The molecule has 2 fully saturated rings. The maximum absolute atomic E-state index is 12.1. The standard InChI is InChI=1S/C19H24N2O6S2/c1-2-3-9-27-14-6-4-5-13(10-14)21-15-11-29(25,26)12-16(15)28-19(21)20-17(22)7-8-18(23)24/h4-6,10,15-16H,2-3,7-9,11-12H2,1H3,(H,23,24). The normalized spacial score (nSPS) is 23.9. The van der Waals surface area contributed by atoms with Crippen molar-refractivity contribution in [3.63, 3.8) is 0 Å². The number of amides is 1. The lowest BCUT2D eigenvalue weighted by Crippen LogP contribution is -2.37. The molecule has 2 unspecified atom stereocenters. The predicted octanol–water partition coefficient (Wildman–Crippen LogP) is 2.33. The summed E-state index contributed by atoms with van der Waals surface area (Å²) < 4.78 is 30.0. The first-order chi connectivity index (χ1) is 13.8. The minimum atomic E-state index is -3.16. The molecule has 1 aromatic carbocycles. The van der Waals surface area contributed by atoms with Crippen LogP contribution in [0.25, 0.3) is 0 Å². The SMILES string of the molecule is CCCCOc1cccc(N2C(=NC(=O)CCC(=O)O)SC3CS(=O)(=O)CC32)c1. The van der Waals surface area contributed by atoms with Gasteiger partial charge in [-0.2, -0.15) is 4.99 Å². The van der Waals surface area contributed by atoms with Gasteiger partial charge in [-0.3, -0.25) is 9.59 Å². The number of amidine groups is 1. The molecule has 2 heterocycles. The molecule has 2 saturated heterocycles. The lowest BCUT2D eigenvalue weighted by atomic mass is 10.2. The van der Waals surface area contributed by atoms with Gasteiger partial charge in [-0.05, 0) is 18.6 Å². The molecule has 158 valence electrons. The van der Waals surface area contributed by atoms with Crippen LogP contribution in [0.1, 0.15) is 32.6 Å². The highest BCUT2D eigenvalue weighted by molar-refractivity contribution is 8.16. The highest BCUT2D eigenvalue weighted by atomic mass is 32.2. The number of ether oxygens (including phenoxy) is 1. The van der Waals surface area contributed by atoms with Gasteiger partial charge in [0.25, 0.3) is 0 Å². The number of carbonyl (C=O) groups is 2. The third-order valence-corrected chi connectivity index (χ3v) is 7.91. The maximum Gasteiger partial charge on any atom is 0.303 e. The Kier molecular flexibility index (Phi) is 6.84. The third kappa shape index (κ3) is 5.51. The molecule has 2 atom stereocenters. The lowest BCUT2D eigenvalue weighted by Gasteiger charge is -2.25. The van der Waals surface area contributed by atoms with E-state index in [4.69, 9.17) is 9.84 Å². The van der Waals surface area contributed by atoms with Crippen molar-refractivity contribution in [1.29, 1.82) is 0 Å². The predicted molar refractivity (Wildman–Crippen MR) is 112 cm³/mol. The monoisotopic (exact) mass is 440 g/mol. The van der Waals surface area contributed by atoms with Crippen molar-refractivity contribution in [2.75, 3.05) is 23.0 Å². The number of sulfone groups is 1. The van der Waals surface area contributed by atoms with E-state index >= 15 is 0 Å². The fourth-order valence-electron chi connectivity index (χ4n) is 3.30. The largest absolute Gasteiger partial charge is 0.494 e. The minimum Gasteiger partial charge on any atom is -0.494 e. The second-order valence-corrected chi connectivity index (χ2v) is 10.4. The average molecular weight is 441 g/mol. The van der Waals surface area contributed by atoms with Gasteiger partial charge in [0, 0.05) is 23.4 Å². The Morgan fingerprint density at radius 2 is 2.10 bits per heavy atom. The Morgan fingerprint density at radius 1 is 1.31 bits per heavy atom. The van der Waals surface area contributed by atoms with Crippen LogP contribution in [0.4, 0.5) is 5.69 Å². The summed E-state index contributed by atoms with van der Waals surface area (Å²) in [7, 11) is -3.16. The number of hydrogen-bond acceptors (Lipinski definition) is 6. The van der Waals surface area contributed by atoms with Crippen molar-refractivity contribution in [2.45, 2.75) is 43.9 Å². The van der Waals surface area contributed by atoms with Crippen LogP contribution in [0.5, 0.6) is 5.75 Å². The number of nitrogens with zero attached hydrogens (tertiary/aromatic N) is 2. The van der Waals surface area contributed by atoms with E-state index < -0.39 is 21.7 Å². The summed E-state index contributed by atoms with van der Waals surface area (Å²) in [6.45, 7) is 2.66. The third-order valence-electron chi connectivity index (χ3n) is 4.70. The van der Waals surface area contributed by atoms with E-state index in [0.717, 1.165) is 12.8 Å². The molecule has 1 N–H and O–H groups in total. The molecule has 29 heavy (non-hydrogen) atoms. The number of benzene rings is 1. The zero-order chi connectivity index (χ0) is 21.0. The van der Waals surface area contributed by atoms with E-state index in [2.05, 4.69) is 11.9 Å². The molecule has 8 nitrogen and oxygen atoms in total. The van der Waals surface area contributed by atoms with Gasteiger partial charge in [-0.1, -0.05) is 31.2 Å². The summed E-state index contributed by atoms with van der Waals surface area (Å²) in [4.78, 5) is 28.7. The molecule has 0 spiro atoms. The van der Waals surface area contributed by atoms with E-state index in [-0.39, 0.29) is 35.6 Å². The van der Waals surface area contributed by atoms with Crippen molar-refractivity contribution in [1.82, 2.24) is 0 Å². The van der Waals surface area contributed by atoms with Crippen molar-refractivity contribution in [3.05, 3.63) is 24.3 Å². The molecule has 2 aliphatic heterocycles. The molecule has 2 aliphatic rings. The van der Waals surface area contributed by atoms with E-state index in [1.54, 1.807) is 4.90 Å². The molecule has 1 amide bonds. The topological polar surface area (TPSA) is 113 Å². The van der Waals surface area contributed by atoms with Gasteiger partial charge in [0.2, 0.25) is 5.91 Å². The molecule has 1 aromatic rings. The first-order valence-electron chi connectivity index (χ1n) is 9.51. The Bertz CT molecular complexity index is 915. The van der Waals surface area contributed by atoms with Crippen molar-refractivity contribution in [3.8, 4) is 5.75 Å². The first kappa shape index (κ1) is 21.6. The van der Waals surface area contributed by atoms with Crippen LogP contribution in [0, 0.1) is 0 Å². The summed E-state index contributed by atoms with van der Waals surface area (Å²) in [6, 6.07) is 6.99. The summed E-state index contributed by atoms with van der Waals surface area (Å²) in [5.74, 6) is -0.892. The number of unbranched alkanes of at least 4 members (excludes halogenated alkanes) is 1. The molecule has 0 aliphatic carbocycles. The molecular formula is C19H24N2O6S2. The Hall–Kier alpha value is -2.07. The highest BCUT2D eigenvalue weighted by Crippen LogP contribution is 2.41. The van der Waals surface area contributed by atoms with Gasteiger partial charge in [-0.25, -0.2) is 8.42 Å². The Morgan fingerprint density at radius 3 is 2.83 bits per heavy atom. The zero-order valence-electron chi connectivity index (χ0n) is 16.1. The van der Waals surface area contributed by atoms with Crippen LogP contribution in [-0.2, 0) is 19.4 Å². The molecule has 0 saturated carbocycles. The Balaban J connectivity index is 1.87. The molecule has 3 rings (SSSR count). The highest BCUT2D eigenvalue weighted by Gasteiger charge is 2.49. The van der Waals surface area contributed by atoms with Crippen LogP contribution in [0.15, 0.2) is 29.3 Å². The second kappa shape index (κ2) is 9.17. The van der Waals surface area contributed by atoms with Crippen LogP contribution in [-0.4, -0.2) is 60.0 Å². The van der Waals surface area contributed by atoms with Crippen LogP contribution < -0.4 is 9.64 Å². The maximum atomic E-state index is 12.1. The second-order valence-electron chi connectivity index (χ2n) is 7.05. The van der Waals surface area contributed by atoms with E-state index in [1.807, 2.05) is 24.3 Å². The Labute approximate surface area is 174 Å². The van der Waals surface area contributed by atoms with Gasteiger partial charge >= 0.3 is 5.97 Å². The summed E-state index contributed by atoms with van der Waals surface area (Å²) in [5.41, 5.74) is 0.709. The number of fused-ring (bicyclic) bond motifs is 1. The molecule has 0 bridgehead atoms. The quantitative estimate of drug-likeness (QED) is 0.613. The molecule has 10 heteroatoms. The fourth-order valence-corrected chi connectivity index (χ4v) is 7.23. The van der Waals surface area contributed by atoms with Gasteiger partial charge in [0.15, 0.2) is 15.0 Å². The zero-order valence-corrected chi connectivity index (χ0v) is 17.7. The number of aliphatic carboxylic acids is 1. The smallest absolute Gasteiger partial charge is 0.303 e. The van der Waals surface area contributed by atoms with E-state index in [9.17, 15) is 18.0 Å². The number of thioether (sulfide) groups is 1. The first-order valence-corrected chi connectivity index (χ1v) is 12.2. The lowest BCUT2D eigenvalue weighted by molar-refractivity contribution is -0.138. The van der Waals surface area contributed by atoms with E-state index in [1.165, 1.54) is 11.8 Å². The number of carbonyl (C=O) groups excluding carboxylic acids is 1. The van der Waals surface area contributed by atoms with Gasteiger partial charge in [-0.15, -0.1) is 0 Å². The van der Waals surface area contributed by atoms with Gasteiger partial charge in [0.1, 0.15) is 5.75 Å². The van der Waals surface area contributed by atoms with Gasteiger partial charge in [0.05, 0.1) is 30.6 Å². The number of carboxylic acids is 1. The number of aliphatic imine (C=N–C) groups is 1. The average Bonchev–Trinajstić information content (AvgIpc) is 3.11. The number of rotatable bonds is 8. The summed E-state index contributed by atoms with van der Waals surface area (Å²) in [6.07, 6.45) is 1.46. The van der Waals surface area contributed by atoms with Crippen LogP contribution >= 0.6 is 11.8 Å². The molecular weight excluding hydrogens is 416 g/mol. The fraction of sp³-hybridized carbons (Fsp3) is 0.526. The van der Waals surface area contributed by atoms with Crippen molar-refractivity contribution in [2.24, 2.45) is 4.99 Å². The molecule has 0 aromatic heterocycles. The molecule has 0 radical (unpaired) electrons. The summed E-state index contributed by atoms with van der Waals surface area (Å²) in [5, 5.41) is 8.97. The number of anilines is 1. The minimum absolute atomic E-state index is 0.00603. The van der Waals surface area contributed by atoms with Crippen LogP contribution in [0.3, 0.4) is 0 Å². The van der Waals surface area contributed by atoms with Crippen LogP contribution in [0.2, 0.25) is 0 Å². The van der Waals surface area contributed by atoms with E-state index in [0.29, 0.717) is 23.2 Å². The van der Waals surface area contributed by atoms with Gasteiger partial charge < -0.3 is 14.7 Å². The summed E-state index contributed by atoms with van der Waals surface area (Å²) >= 11 is 1.26. The number of carboxylic acid groups (broad SMARTS) is 1. The number of hydrogen-bond donors (Lipinski definition) is 1. The van der Waals surface area contributed by atoms with Crippen molar-refractivity contribution < 1.29 is 27.9 Å².